The molecule has 4 heteroatoms. The molecule has 0 radical (unpaired) electrons. The van der Waals surface area contributed by atoms with E-state index in [0.29, 0.717) is 31.0 Å². The van der Waals surface area contributed by atoms with Crippen molar-refractivity contribution in [3.63, 3.8) is 0 Å². The van der Waals surface area contributed by atoms with Crippen LogP contribution in [0, 0.1) is 11.8 Å². The van der Waals surface area contributed by atoms with Crippen molar-refractivity contribution < 1.29 is 4.79 Å². The van der Waals surface area contributed by atoms with Crippen molar-refractivity contribution in [3.05, 3.63) is 29.8 Å². The predicted octanol–water partition coefficient (Wildman–Crippen LogP) is 2.45. The Morgan fingerprint density at radius 3 is 2.76 bits per heavy atom. The van der Waals surface area contributed by atoms with Gasteiger partial charge >= 0.3 is 0 Å². The number of para-hydroxylation sites is 1. The summed E-state index contributed by atoms with van der Waals surface area (Å²) in [5.74, 6) is 1.34. The van der Waals surface area contributed by atoms with Crippen molar-refractivity contribution in [2.75, 3.05) is 18.4 Å². The Morgan fingerprint density at radius 1 is 1.33 bits per heavy atom. The number of hydrogen-bond donors (Lipinski definition) is 2. The highest BCUT2D eigenvalue weighted by Gasteiger charge is 2.29. The Kier molecular flexibility index (Phi) is 5.37. The quantitative estimate of drug-likeness (QED) is 0.895. The number of rotatable bonds is 4. The third-order valence-corrected chi connectivity index (χ3v) is 4.58. The summed E-state index contributed by atoms with van der Waals surface area (Å²) in [4.78, 5) is 14.6. The van der Waals surface area contributed by atoms with E-state index in [4.69, 9.17) is 5.73 Å². The van der Waals surface area contributed by atoms with Crippen LogP contribution in [-0.4, -0.2) is 29.9 Å². The first-order valence-corrected chi connectivity index (χ1v) is 7.83. The van der Waals surface area contributed by atoms with E-state index in [1.165, 1.54) is 6.42 Å². The van der Waals surface area contributed by atoms with Crippen molar-refractivity contribution in [2.45, 2.75) is 39.8 Å². The van der Waals surface area contributed by atoms with Crippen LogP contribution >= 0.6 is 0 Å². The normalized spacial score (nSPS) is 26.6. The molecule has 3 atom stereocenters. The molecule has 21 heavy (non-hydrogen) atoms. The highest BCUT2D eigenvalue weighted by atomic mass is 16.2. The number of carbonyl (C=O) groups excluding carboxylic acids is 1. The number of nitrogens with one attached hydrogen (secondary N) is 1. The number of hydrogen-bond acceptors (Lipinski definition) is 3. The summed E-state index contributed by atoms with van der Waals surface area (Å²) >= 11 is 0. The minimum Gasteiger partial charge on any atom is -0.326 e. The van der Waals surface area contributed by atoms with Crippen LogP contribution in [0.25, 0.3) is 0 Å². The molecule has 116 valence electrons. The molecule has 1 fully saturated rings. The monoisotopic (exact) mass is 289 g/mol. The van der Waals surface area contributed by atoms with E-state index < -0.39 is 0 Å². The lowest BCUT2D eigenvalue weighted by Crippen LogP contribution is -2.48. The molecule has 1 amide bonds. The van der Waals surface area contributed by atoms with Gasteiger partial charge in [-0.1, -0.05) is 32.0 Å². The van der Waals surface area contributed by atoms with Gasteiger partial charge in [-0.05, 0) is 36.8 Å². The lowest BCUT2D eigenvalue weighted by atomic mass is 9.86. The van der Waals surface area contributed by atoms with Crippen LogP contribution in [0.1, 0.15) is 32.8 Å². The van der Waals surface area contributed by atoms with Crippen molar-refractivity contribution in [2.24, 2.45) is 17.6 Å². The molecule has 1 heterocycles. The molecule has 1 aliphatic heterocycles. The van der Waals surface area contributed by atoms with E-state index in [9.17, 15) is 4.79 Å². The molecule has 0 saturated carbocycles. The maximum atomic E-state index is 12.3. The SMILES string of the molecule is CC1CC(C)C(C)N(CC(=O)Nc2ccccc2CN)C1. The fraction of sp³-hybridized carbons (Fsp3) is 0.588. The number of piperidine rings is 1. The zero-order chi connectivity index (χ0) is 15.4. The Morgan fingerprint density at radius 2 is 2.05 bits per heavy atom. The minimum atomic E-state index is 0.0454. The van der Waals surface area contributed by atoms with Gasteiger partial charge in [-0.25, -0.2) is 0 Å². The van der Waals surface area contributed by atoms with E-state index in [1.807, 2.05) is 24.3 Å². The van der Waals surface area contributed by atoms with Gasteiger partial charge in [-0.2, -0.15) is 0 Å². The number of nitrogens with two attached hydrogens (primary N) is 1. The number of amides is 1. The van der Waals surface area contributed by atoms with Gasteiger partial charge in [0.2, 0.25) is 5.91 Å². The van der Waals surface area contributed by atoms with Crippen LogP contribution in [-0.2, 0) is 11.3 Å². The third kappa shape index (κ3) is 4.05. The summed E-state index contributed by atoms with van der Waals surface area (Å²) in [5, 5.41) is 3.00. The first-order chi connectivity index (χ1) is 10.0. The molecule has 3 unspecified atom stereocenters. The second-order valence-electron chi connectivity index (χ2n) is 6.40. The van der Waals surface area contributed by atoms with Gasteiger partial charge in [0.15, 0.2) is 0 Å². The van der Waals surface area contributed by atoms with Crippen LogP contribution in [0.4, 0.5) is 5.69 Å². The van der Waals surface area contributed by atoms with Crippen molar-refractivity contribution in [1.82, 2.24) is 4.90 Å². The van der Waals surface area contributed by atoms with E-state index in [0.717, 1.165) is 17.8 Å². The summed E-state index contributed by atoms with van der Waals surface area (Å²) in [6.45, 7) is 8.64. The Labute approximate surface area is 127 Å². The van der Waals surface area contributed by atoms with Crippen LogP contribution in [0.15, 0.2) is 24.3 Å². The standard InChI is InChI=1S/C17H27N3O/c1-12-8-13(2)14(3)20(10-12)11-17(21)19-16-7-5-4-6-15(16)9-18/h4-7,12-14H,8-11,18H2,1-3H3,(H,19,21). The van der Waals surface area contributed by atoms with Crippen molar-refractivity contribution in [1.29, 1.82) is 0 Å². The minimum absolute atomic E-state index is 0.0454. The predicted molar refractivity (Wildman–Crippen MR) is 86.9 cm³/mol. The fourth-order valence-corrected chi connectivity index (χ4v) is 3.24. The van der Waals surface area contributed by atoms with Crippen LogP contribution in [0.5, 0.6) is 0 Å². The zero-order valence-corrected chi connectivity index (χ0v) is 13.3. The molecule has 0 aliphatic carbocycles. The van der Waals surface area contributed by atoms with Crippen molar-refractivity contribution >= 4 is 11.6 Å². The Hall–Kier alpha value is -1.39. The van der Waals surface area contributed by atoms with Gasteiger partial charge in [-0.15, -0.1) is 0 Å². The number of anilines is 1. The van der Waals surface area contributed by atoms with Gasteiger partial charge in [0, 0.05) is 24.8 Å². The average molecular weight is 289 g/mol. The highest BCUT2D eigenvalue weighted by Crippen LogP contribution is 2.26. The van der Waals surface area contributed by atoms with Crippen molar-refractivity contribution in [3.8, 4) is 0 Å². The maximum absolute atomic E-state index is 12.3. The van der Waals surface area contributed by atoms with Gasteiger partial charge in [0.25, 0.3) is 0 Å². The molecule has 3 N–H and O–H groups in total. The number of likely N-dealkylation sites (tertiary alicyclic amines) is 1. The van der Waals surface area contributed by atoms with Gasteiger partial charge < -0.3 is 11.1 Å². The molecule has 1 saturated heterocycles. The van der Waals surface area contributed by atoms with E-state index in [1.54, 1.807) is 0 Å². The third-order valence-electron chi connectivity index (χ3n) is 4.58. The topological polar surface area (TPSA) is 58.4 Å². The Bertz CT molecular complexity index is 489. The Balaban J connectivity index is 1.98. The van der Waals surface area contributed by atoms with Gasteiger partial charge in [-0.3, -0.25) is 9.69 Å². The van der Waals surface area contributed by atoms with E-state index in [-0.39, 0.29) is 5.91 Å². The summed E-state index contributed by atoms with van der Waals surface area (Å²) < 4.78 is 0. The molecule has 1 aromatic carbocycles. The number of benzene rings is 1. The molecule has 0 bridgehead atoms. The number of carbonyl (C=O) groups is 1. The molecule has 2 rings (SSSR count). The molecular formula is C17H27N3O. The zero-order valence-electron chi connectivity index (χ0n) is 13.3. The van der Waals surface area contributed by atoms with Gasteiger partial charge in [0.05, 0.1) is 6.54 Å². The molecule has 0 spiro atoms. The van der Waals surface area contributed by atoms with Crippen LogP contribution in [0.2, 0.25) is 0 Å². The summed E-state index contributed by atoms with van der Waals surface area (Å²) in [5.41, 5.74) is 7.51. The lowest BCUT2D eigenvalue weighted by molar-refractivity contribution is -0.118. The molecule has 0 aromatic heterocycles. The fourth-order valence-electron chi connectivity index (χ4n) is 3.24. The molecular weight excluding hydrogens is 262 g/mol. The maximum Gasteiger partial charge on any atom is 0.238 e. The first-order valence-electron chi connectivity index (χ1n) is 7.83. The first kappa shape index (κ1) is 16.0. The van der Waals surface area contributed by atoms with Crippen LogP contribution < -0.4 is 11.1 Å². The molecule has 1 aromatic rings. The highest BCUT2D eigenvalue weighted by molar-refractivity contribution is 5.93. The van der Waals surface area contributed by atoms with Gasteiger partial charge in [0.1, 0.15) is 0 Å². The number of nitrogens with zero attached hydrogens (tertiary/aromatic N) is 1. The summed E-state index contributed by atoms with van der Waals surface area (Å²) in [6, 6.07) is 8.17. The second kappa shape index (κ2) is 7.05. The largest absolute Gasteiger partial charge is 0.326 e. The van der Waals surface area contributed by atoms with E-state index in [2.05, 4.69) is 31.0 Å². The summed E-state index contributed by atoms with van der Waals surface area (Å²) in [7, 11) is 0. The van der Waals surface area contributed by atoms with E-state index >= 15 is 0 Å². The second-order valence-corrected chi connectivity index (χ2v) is 6.40. The lowest BCUT2D eigenvalue weighted by Gasteiger charge is -2.40. The summed E-state index contributed by atoms with van der Waals surface area (Å²) in [6.07, 6.45) is 1.25. The molecule has 1 aliphatic rings. The molecule has 4 nitrogen and oxygen atoms in total. The average Bonchev–Trinajstić information content (AvgIpc) is 2.44. The van der Waals surface area contributed by atoms with Crippen LogP contribution in [0.3, 0.4) is 0 Å². The smallest absolute Gasteiger partial charge is 0.238 e.